The molecule has 9 nitrogen and oxygen atoms in total. The predicted octanol–water partition coefficient (Wildman–Crippen LogP) is 7.45. The number of fused-ring (bicyclic) bond motifs is 4. The predicted molar refractivity (Wildman–Crippen MR) is 198 cm³/mol. The van der Waals surface area contributed by atoms with Crippen LogP contribution in [0.1, 0.15) is 43.5 Å². The van der Waals surface area contributed by atoms with Gasteiger partial charge in [-0.25, -0.2) is 0 Å². The molecule has 2 heterocycles. The van der Waals surface area contributed by atoms with Gasteiger partial charge < -0.3 is 35.1 Å². The highest BCUT2D eigenvalue weighted by Gasteiger charge is 2.36. The molecular weight excluding hydrogens is 652 g/mol. The van der Waals surface area contributed by atoms with Gasteiger partial charge in [-0.05, 0) is 64.9 Å². The van der Waals surface area contributed by atoms with Crippen molar-refractivity contribution in [2.45, 2.75) is 18.9 Å². The van der Waals surface area contributed by atoms with E-state index in [0.29, 0.717) is 66.2 Å². The Morgan fingerprint density at radius 3 is 2.38 bits per heavy atom. The molecule has 1 atom stereocenters. The van der Waals surface area contributed by atoms with Crippen molar-refractivity contribution in [3.05, 3.63) is 125 Å². The maximum atomic E-state index is 14.2. The van der Waals surface area contributed by atoms with Crippen LogP contribution < -0.4 is 30.2 Å². The van der Waals surface area contributed by atoms with Gasteiger partial charge in [-0.3, -0.25) is 9.59 Å². The fourth-order valence-electron chi connectivity index (χ4n) is 6.60. The number of benzene rings is 5. The van der Waals surface area contributed by atoms with Crippen LogP contribution in [0.3, 0.4) is 0 Å². The van der Waals surface area contributed by atoms with Crippen LogP contribution in [0.15, 0.2) is 97.1 Å². The second-order valence-electron chi connectivity index (χ2n) is 12.3. The van der Waals surface area contributed by atoms with Crippen molar-refractivity contribution in [3.8, 4) is 17.2 Å². The van der Waals surface area contributed by atoms with Gasteiger partial charge in [0.15, 0.2) is 11.5 Å². The molecule has 4 N–H and O–H groups in total. The zero-order chi connectivity index (χ0) is 34.8. The number of hydrogen-bond acceptors (Lipinski definition) is 6. The first-order chi connectivity index (χ1) is 24.4. The zero-order valence-electron chi connectivity index (χ0n) is 27.8. The molecule has 10 heteroatoms. The molecule has 0 bridgehead atoms. The number of aromatic amines is 1. The van der Waals surface area contributed by atoms with Crippen LogP contribution in [0.4, 0.5) is 11.4 Å². The summed E-state index contributed by atoms with van der Waals surface area (Å²) in [6, 6.07) is 30.5. The molecule has 0 spiro atoms. The van der Waals surface area contributed by atoms with E-state index in [4.69, 9.17) is 31.5 Å². The van der Waals surface area contributed by atoms with Gasteiger partial charge in [0, 0.05) is 64.6 Å². The lowest BCUT2D eigenvalue weighted by atomic mass is 9.94. The van der Waals surface area contributed by atoms with Crippen molar-refractivity contribution < 1.29 is 23.8 Å². The number of nitrogens with zero attached hydrogens (tertiary/aromatic N) is 1. The van der Waals surface area contributed by atoms with E-state index >= 15 is 0 Å². The highest BCUT2D eigenvalue weighted by atomic mass is 35.5. The maximum absolute atomic E-state index is 14.2. The third-order valence-corrected chi connectivity index (χ3v) is 9.56. The molecule has 254 valence electrons. The van der Waals surface area contributed by atoms with Crippen LogP contribution in [0.2, 0.25) is 0 Å². The van der Waals surface area contributed by atoms with E-state index in [2.05, 4.69) is 10.3 Å². The Bertz CT molecular complexity index is 2160. The maximum Gasteiger partial charge on any atom is 0.274 e. The van der Waals surface area contributed by atoms with Crippen molar-refractivity contribution in [1.82, 2.24) is 10.3 Å². The zero-order valence-corrected chi connectivity index (χ0v) is 28.6. The Labute approximate surface area is 294 Å². The van der Waals surface area contributed by atoms with Crippen LogP contribution in [0, 0.1) is 0 Å². The first kappa shape index (κ1) is 32.9. The van der Waals surface area contributed by atoms with E-state index < -0.39 is 0 Å². The number of methoxy groups -OCH3 is 2. The lowest BCUT2D eigenvalue weighted by molar-refractivity contribution is 0.0952. The summed E-state index contributed by atoms with van der Waals surface area (Å²) < 4.78 is 17.4. The number of aromatic nitrogens is 1. The number of carbonyl (C=O) groups is 2. The molecule has 2 amide bonds. The Kier molecular flexibility index (Phi) is 9.23. The molecule has 50 heavy (non-hydrogen) atoms. The van der Waals surface area contributed by atoms with Gasteiger partial charge >= 0.3 is 0 Å². The lowest BCUT2D eigenvalue weighted by Crippen LogP contribution is -2.30. The van der Waals surface area contributed by atoms with Crippen LogP contribution >= 0.6 is 11.6 Å². The number of anilines is 2. The second kappa shape index (κ2) is 14.1. The van der Waals surface area contributed by atoms with Gasteiger partial charge in [-0.2, -0.15) is 0 Å². The number of H-pyrrole nitrogens is 1. The molecule has 0 radical (unpaired) electrons. The summed E-state index contributed by atoms with van der Waals surface area (Å²) in [5, 5.41) is 5.52. The summed E-state index contributed by atoms with van der Waals surface area (Å²) in [6.45, 7) is 1.18. The van der Waals surface area contributed by atoms with Gasteiger partial charge in [-0.1, -0.05) is 48.5 Å². The third kappa shape index (κ3) is 6.40. The quantitative estimate of drug-likeness (QED) is 0.0961. The molecule has 0 saturated carbocycles. The molecule has 0 fully saturated rings. The van der Waals surface area contributed by atoms with E-state index in [1.807, 2.05) is 97.1 Å². The minimum Gasteiger partial charge on any atom is -0.493 e. The van der Waals surface area contributed by atoms with E-state index in [-0.39, 0.29) is 17.7 Å². The molecule has 6 aromatic rings. The van der Waals surface area contributed by atoms with E-state index in [1.54, 1.807) is 19.1 Å². The fraction of sp³-hybridized carbons (Fsp3) is 0.200. The minimum atomic E-state index is -0.196. The number of amides is 2. The lowest BCUT2D eigenvalue weighted by Gasteiger charge is -2.19. The number of nitrogens with two attached hydrogens (primary N) is 1. The Morgan fingerprint density at radius 2 is 1.64 bits per heavy atom. The number of nitrogen functional groups attached to an aromatic ring is 1. The van der Waals surface area contributed by atoms with Crippen molar-refractivity contribution >= 4 is 56.5 Å². The van der Waals surface area contributed by atoms with E-state index in [1.165, 1.54) is 0 Å². The first-order valence-corrected chi connectivity index (χ1v) is 16.9. The summed E-state index contributed by atoms with van der Waals surface area (Å²) in [6.07, 6.45) is 0.678. The molecule has 1 unspecified atom stereocenters. The van der Waals surface area contributed by atoms with E-state index in [0.717, 1.165) is 44.1 Å². The average molecular weight is 689 g/mol. The molecule has 0 saturated heterocycles. The van der Waals surface area contributed by atoms with Crippen LogP contribution in [0.25, 0.3) is 21.7 Å². The third-order valence-electron chi connectivity index (χ3n) is 9.19. The fourth-order valence-corrected chi connectivity index (χ4v) is 6.86. The van der Waals surface area contributed by atoms with Crippen molar-refractivity contribution in [1.29, 1.82) is 0 Å². The van der Waals surface area contributed by atoms with Crippen LogP contribution in [-0.2, 0) is 13.0 Å². The van der Waals surface area contributed by atoms with Gasteiger partial charge in [-0.15, -0.1) is 11.6 Å². The van der Waals surface area contributed by atoms with E-state index in [9.17, 15) is 9.59 Å². The molecule has 1 aliphatic heterocycles. The monoisotopic (exact) mass is 688 g/mol. The number of rotatable bonds is 11. The number of halogens is 1. The SMILES string of the molecule is COc1cc2cc(C(=O)N3CC(CCl)c4c3cc(OCc3ccccc3)c3cc(C(=O)NCCc5ccc(N)cc5)ccc43)[nH]c2cc1OC. The number of carbonyl (C=O) groups excluding carboxylic acids is 2. The average Bonchev–Trinajstić information content (AvgIpc) is 3.75. The normalized spacial score (nSPS) is 13.7. The van der Waals surface area contributed by atoms with Gasteiger partial charge in [0.25, 0.3) is 11.8 Å². The Balaban J connectivity index is 1.24. The second-order valence-corrected chi connectivity index (χ2v) is 12.6. The molecule has 0 aliphatic carbocycles. The van der Waals surface area contributed by atoms with Gasteiger partial charge in [0.1, 0.15) is 18.1 Å². The summed E-state index contributed by atoms with van der Waals surface area (Å²) in [7, 11) is 3.16. The molecular formula is C40H37ClN4O5. The summed E-state index contributed by atoms with van der Waals surface area (Å²) >= 11 is 6.59. The number of ether oxygens (including phenoxy) is 3. The molecule has 5 aromatic carbocycles. The Hall–Kier alpha value is -5.67. The molecule has 1 aromatic heterocycles. The summed E-state index contributed by atoms with van der Waals surface area (Å²) in [5.74, 6) is 1.51. The molecule has 1 aliphatic rings. The number of nitrogens with one attached hydrogen (secondary N) is 2. The largest absolute Gasteiger partial charge is 0.493 e. The minimum absolute atomic E-state index is 0.134. The standard InChI is InChI=1S/C40H37ClN4O5/c1-48-36-18-27-17-33(44-32(27)19-37(36)49-2)40(47)45-22-28(21-41)38-30-13-10-26(39(46)43-15-14-24-8-11-29(42)12-9-24)16-31(30)35(20-34(38)45)50-23-25-6-4-3-5-7-25/h3-13,16-20,28,44H,14-15,21-23,42H2,1-2H3,(H,43,46). The number of hydrogen-bond donors (Lipinski definition) is 3. The van der Waals surface area contributed by atoms with Crippen molar-refractivity contribution in [2.24, 2.45) is 0 Å². The topological polar surface area (TPSA) is 119 Å². The van der Waals surface area contributed by atoms with Gasteiger partial charge in [0.2, 0.25) is 0 Å². The summed E-state index contributed by atoms with van der Waals surface area (Å²) in [4.78, 5) is 32.6. The van der Waals surface area contributed by atoms with Gasteiger partial charge in [0.05, 0.1) is 19.9 Å². The highest BCUT2D eigenvalue weighted by molar-refractivity contribution is 6.19. The number of alkyl halides is 1. The first-order valence-electron chi connectivity index (χ1n) is 16.4. The van der Waals surface area contributed by atoms with Crippen LogP contribution in [0.5, 0.6) is 17.2 Å². The highest BCUT2D eigenvalue weighted by Crippen LogP contribution is 2.46. The Morgan fingerprint density at radius 1 is 0.880 bits per heavy atom. The van der Waals surface area contributed by atoms with Crippen LogP contribution in [-0.4, -0.2) is 50.0 Å². The smallest absolute Gasteiger partial charge is 0.274 e. The van der Waals surface area contributed by atoms with Crippen molar-refractivity contribution in [3.63, 3.8) is 0 Å². The summed E-state index contributed by atoms with van der Waals surface area (Å²) in [5.41, 5.74) is 12.0. The molecule has 7 rings (SSSR count). The van der Waals surface area contributed by atoms with Crippen molar-refractivity contribution in [2.75, 3.05) is 43.8 Å².